The SMILES string of the molecule is N#CC1(C#N)[C@@H](Cc2ccccc2)O[C@@]23CCCC[C@@H]2[C@@]1(C#N)C(=N)O3. The number of nitrogens with zero attached hydrogens (tertiary/aromatic N) is 3. The van der Waals surface area contributed by atoms with E-state index in [2.05, 4.69) is 18.2 Å². The molecule has 26 heavy (non-hydrogen) atoms. The Morgan fingerprint density at radius 1 is 1.08 bits per heavy atom. The number of hydrogen-bond acceptors (Lipinski definition) is 6. The average Bonchev–Trinajstić information content (AvgIpc) is 2.88. The number of hydrogen-bond donors (Lipinski definition) is 1. The van der Waals surface area contributed by atoms with Gasteiger partial charge in [-0.3, -0.25) is 5.41 Å². The highest BCUT2D eigenvalue weighted by molar-refractivity contribution is 5.89. The zero-order chi connectivity index (χ0) is 18.4. The summed E-state index contributed by atoms with van der Waals surface area (Å²) in [5, 5.41) is 38.7. The molecule has 0 unspecified atom stereocenters. The van der Waals surface area contributed by atoms with E-state index in [-0.39, 0.29) is 5.90 Å². The van der Waals surface area contributed by atoms with Crippen LogP contribution >= 0.6 is 0 Å². The molecule has 0 aromatic heterocycles. The van der Waals surface area contributed by atoms with Gasteiger partial charge in [-0.1, -0.05) is 36.8 Å². The highest BCUT2D eigenvalue weighted by atomic mass is 16.7. The van der Waals surface area contributed by atoms with Crippen LogP contribution in [0.3, 0.4) is 0 Å². The molecule has 2 bridgehead atoms. The molecule has 1 aliphatic carbocycles. The summed E-state index contributed by atoms with van der Waals surface area (Å²) in [5.74, 6) is -1.82. The lowest BCUT2D eigenvalue weighted by Gasteiger charge is -2.51. The van der Waals surface area contributed by atoms with Crippen LogP contribution in [-0.2, 0) is 15.9 Å². The number of nitriles is 3. The van der Waals surface area contributed by atoms with Crippen molar-refractivity contribution in [2.75, 3.05) is 0 Å². The van der Waals surface area contributed by atoms with Crippen LogP contribution in [0.1, 0.15) is 31.2 Å². The second kappa shape index (κ2) is 5.56. The summed E-state index contributed by atoms with van der Waals surface area (Å²) in [4.78, 5) is 0. The molecule has 130 valence electrons. The lowest BCUT2D eigenvalue weighted by atomic mass is 9.51. The van der Waals surface area contributed by atoms with Crippen molar-refractivity contribution in [2.45, 2.75) is 44.0 Å². The maximum absolute atomic E-state index is 10.1. The quantitative estimate of drug-likeness (QED) is 0.884. The number of ether oxygens (including phenoxy) is 2. The first-order chi connectivity index (χ1) is 12.6. The fourth-order valence-corrected chi connectivity index (χ4v) is 4.98. The van der Waals surface area contributed by atoms with Gasteiger partial charge in [-0.05, 0) is 18.4 Å². The molecule has 6 heteroatoms. The summed E-state index contributed by atoms with van der Waals surface area (Å²) in [6.45, 7) is 0. The summed E-state index contributed by atoms with van der Waals surface area (Å²) in [7, 11) is 0. The van der Waals surface area contributed by atoms with Crippen molar-refractivity contribution in [3.05, 3.63) is 35.9 Å². The molecule has 1 saturated carbocycles. The minimum absolute atomic E-state index is 0.287. The average molecular weight is 346 g/mol. The Morgan fingerprint density at radius 2 is 1.81 bits per heavy atom. The first-order valence-electron chi connectivity index (χ1n) is 8.82. The lowest BCUT2D eigenvalue weighted by Crippen LogP contribution is -2.63. The first kappa shape index (κ1) is 16.6. The van der Waals surface area contributed by atoms with Crippen LogP contribution in [0, 0.1) is 56.2 Å². The van der Waals surface area contributed by atoms with E-state index in [1.807, 2.05) is 30.3 Å². The van der Waals surface area contributed by atoms with Gasteiger partial charge in [-0.15, -0.1) is 0 Å². The molecule has 2 aliphatic heterocycles. The van der Waals surface area contributed by atoms with E-state index in [4.69, 9.17) is 14.9 Å². The monoisotopic (exact) mass is 346 g/mol. The van der Waals surface area contributed by atoms with Crippen LogP contribution in [0.25, 0.3) is 0 Å². The minimum atomic E-state index is -1.78. The molecular weight excluding hydrogens is 328 g/mol. The number of nitrogens with one attached hydrogen (secondary N) is 1. The van der Waals surface area contributed by atoms with Gasteiger partial charge < -0.3 is 9.47 Å². The maximum Gasteiger partial charge on any atom is 0.217 e. The van der Waals surface area contributed by atoms with Crippen LogP contribution < -0.4 is 0 Å². The summed E-state index contributed by atoms with van der Waals surface area (Å²) in [5.41, 5.74) is -2.46. The van der Waals surface area contributed by atoms with E-state index in [0.717, 1.165) is 18.4 Å². The lowest BCUT2D eigenvalue weighted by molar-refractivity contribution is -0.291. The van der Waals surface area contributed by atoms with Crippen molar-refractivity contribution in [1.29, 1.82) is 21.2 Å². The summed E-state index contributed by atoms with van der Waals surface area (Å²) >= 11 is 0. The largest absolute Gasteiger partial charge is 0.447 e. The molecule has 0 amide bonds. The molecule has 0 radical (unpaired) electrons. The maximum atomic E-state index is 10.1. The van der Waals surface area contributed by atoms with Gasteiger partial charge in [0.1, 0.15) is 6.10 Å². The fraction of sp³-hybridized carbons (Fsp3) is 0.500. The molecule has 4 atom stereocenters. The Hall–Kier alpha value is -2.88. The third kappa shape index (κ3) is 1.79. The minimum Gasteiger partial charge on any atom is -0.447 e. The van der Waals surface area contributed by atoms with Crippen LogP contribution in [-0.4, -0.2) is 17.8 Å². The van der Waals surface area contributed by atoms with Gasteiger partial charge in [0.15, 0.2) is 10.8 Å². The molecule has 3 aliphatic rings. The third-order valence-electron chi connectivity index (χ3n) is 6.19. The van der Waals surface area contributed by atoms with E-state index in [0.29, 0.717) is 19.3 Å². The van der Waals surface area contributed by atoms with E-state index < -0.39 is 28.6 Å². The van der Waals surface area contributed by atoms with Crippen LogP contribution in [0.4, 0.5) is 0 Å². The zero-order valence-electron chi connectivity index (χ0n) is 14.2. The smallest absolute Gasteiger partial charge is 0.217 e. The molecule has 1 aromatic carbocycles. The molecule has 1 N–H and O–H groups in total. The Morgan fingerprint density at radius 3 is 2.46 bits per heavy atom. The fourth-order valence-electron chi connectivity index (χ4n) is 4.98. The van der Waals surface area contributed by atoms with E-state index in [9.17, 15) is 15.8 Å². The van der Waals surface area contributed by atoms with Gasteiger partial charge in [0.2, 0.25) is 11.7 Å². The highest BCUT2D eigenvalue weighted by Gasteiger charge is 2.80. The Kier molecular flexibility index (Phi) is 3.55. The van der Waals surface area contributed by atoms with Crippen LogP contribution in [0.5, 0.6) is 0 Å². The molecule has 6 nitrogen and oxygen atoms in total. The van der Waals surface area contributed by atoms with E-state index >= 15 is 0 Å². The summed E-state index contributed by atoms with van der Waals surface area (Å²) in [6.07, 6.45) is 2.40. The Labute approximate surface area is 152 Å². The molecule has 3 fully saturated rings. The van der Waals surface area contributed by atoms with Crippen molar-refractivity contribution in [1.82, 2.24) is 0 Å². The van der Waals surface area contributed by atoms with Gasteiger partial charge in [-0.2, -0.15) is 15.8 Å². The normalized spacial score (nSPS) is 36.7. The van der Waals surface area contributed by atoms with Crippen molar-refractivity contribution >= 4 is 5.90 Å². The molecule has 0 spiro atoms. The molecule has 2 saturated heterocycles. The van der Waals surface area contributed by atoms with E-state index in [1.165, 1.54) is 0 Å². The van der Waals surface area contributed by atoms with Crippen molar-refractivity contribution < 1.29 is 9.47 Å². The third-order valence-corrected chi connectivity index (χ3v) is 6.19. The Bertz CT molecular complexity index is 864. The zero-order valence-corrected chi connectivity index (χ0v) is 14.2. The second-order valence-corrected chi connectivity index (χ2v) is 7.29. The standard InChI is InChI=1S/C20H18N4O2/c21-11-18(12-22)16(10-14-6-2-1-3-7-14)25-20-9-5-4-8-15(20)19(18,13-23)17(24)26-20/h1-3,6-7,15-16,24H,4-5,8-10H2/t15-,16-,19+,20-/m1/s1. The van der Waals surface area contributed by atoms with Crippen LogP contribution in [0.15, 0.2) is 30.3 Å². The van der Waals surface area contributed by atoms with Gasteiger partial charge in [-0.25, -0.2) is 0 Å². The second-order valence-electron chi connectivity index (χ2n) is 7.29. The molecule has 1 aromatic rings. The van der Waals surface area contributed by atoms with Crippen LogP contribution in [0.2, 0.25) is 0 Å². The van der Waals surface area contributed by atoms with E-state index in [1.54, 1.807) is 0 Å². The molecular formula is C20H18N4O2. The van der Waals surface area contributed by atoms with Gasteiger partial charge in [0.05, 0.1) is 24.1 Å². The van der Waals surface area contributed by atoms with Gasteiger partial charge in [0, 0.05) is 12.8 Å². The van der Waals surface area contributed by atoms with Crippen molar-refractivity contribution in [3.8, 4) is 18.2 Å². The highest BCUT2D eigenvalue weighted by Crippen LogP contribution is 2.66. The first-order valence-corrected chi connectivity index (χ1v) is 8.82. The molecule has 4 rings (SSSR count). The van der Waals surface area contributed by atoms with Gasteiger partial charge in [0.25, 0.3) is 0 Å². The predicted octanol–water partition coefficient (Wildman–Crippen LogP) is 3.07. The van der Waals surface area contributed by atoms with Crippen molar-refractivity contribution in [3.63, 3.8) is 0 Å². The molecule has 2 heterocycles. The predicted molar refractivity (Wildman–Crippen MR) is 90.2 cm³/mol. The Balaban J connectivity index is 1.89. The number of benzene rings is 1. The summed E-state index contributed by atoms with van der Waals surface area (Å²) < 4.78 is 12.1. The topological polar surface area (TPSA) is 114 Å². The summed E-state index contributed by atoms with van der Waals surface area (Å²) in [6, 6.07) is 15.8. The van der Waals surface area contributed by atoms with Crippen molar-refractivity contribution in [2.24, 2.45) is 16.7 Å². The number of rotatable bonds is 2. The van der Waals surface area contributed by atoms with Gasteiger partial charge >= 0.3 is 0 Å².